The zero-order valence-electron chi connectivity index (χ0n) is 13.3. The van der Waals surface area contributed by atoms with E-state index in [1.165, 1.54) is 0 Å². The molecule has 0 spiro atoms. The smallest absolute Gasteiger partial charge is 0.403 e. The van der Waals surface area contributed by atoms with Crippen molar-refractivity contribution in [1.29, 1.82) is 0 Å². The first-order valence-corrected chi connectivity index (χ1v) is 9.38. The molecule has 2 N–H and O–H groups in total. The van der Waals surface area contributed by atoms with Crippen LogP contribution in [0.3, 0.4) is 0 Å². The van der Waals surface area contributed by atoms with Gasteiger partial charge in [-0.1, -0.05) is 11.6 Å². The first kappa shape index (κ1) is 17.2. The summed E-state index contributed by atoms with van der Waals surface area (Å²) in [6.45, 7) is 8.21. The minimum Gasteiger partial charge on any atom is -0.403 e. The van der Waals surface area contributed by atoms with Gasteiger partial charge in [-0.2, -0.15) is 0 Å². The second-order valence-corrected chi connectivity index (χ2v) is 8.94. The summed E-state index contributed by atoms with van der Waals surface area (Å²) in [4.78, 5) is 17.9. The highest BCUT2D eigenvalue weighted by molar-refractivity contribution is 7.51. The van der Waals surface area contributed by atoms with E-state index in [1.807, 2.05) is 0 Å². The fourth-order valence-corrected chi connectivity index (χ4v) is 3.33. The van der Waals surface area contributed by atoms with Gasteiger partial charge in [-0.15, -0.1) is 0 Å². The Morgan fingerprint density at radius 1 is 1.29 bits per heavy atom. The first-order chi connectivity index (χ1) is 9.50. The van der Waals surface area contributed by atoms with Gasteiger partial charge in [0.2, 0.25) is 0 Å². The van der Waals surface area contributed by atoms with Gasteiger partial charge >= 0.3 is 14.7 Å². The third kappa shape index (κ3) is 4.20. The van der Waals surface area contributed by atoms with Crippen LogP contribution in [0.4, 0.5) is 0 Å². The largest absolute Gasteiger partial charge is 0.461 e. The normalized spacial score (nSPS) is 28.6. The summed E-state index contributed by atoms with van der Waals surface area (Å²) in [6.07, 6.45) is 5.21. The molecule has 0 aromatic rings. The van der Waals surface area contributed by atoms with E-state index in [2.05, 4.69) is 33.8 Å². The summed E-state index contributed by atoms with van der Waals surface area (Å²) in [5.41, 5.74) is 0.538. The van der Waals surface area contributed by atoms with Gasteiger partial charge in [0.1, 0.15) is 0 Å². The molecule has 1 fully saturated rings. The molecule has 1 aliphatic heterocycles. The van der Waals surface area contributed by atoms with Crippen LogP contribution in [0.25, 0.3) is 0 Å². The van der Waals surface area contributed by atoms with Crippen molar-refractivity contribution in [2.24, 2.45) is 0 Å². The maximum absolute atomic E-state index is 10.9. The highest BCUT2D eigenvalue weighted by atomic mass is 31.2. The molecule has 2 rings (SSSR count). The predicted octanol–water partition coefficient (Wildman–Crippen LogP) is 3.13. The van der Waals surface area contributed by atoms with Crippen LogP contribution < -0.4 is 0 Å². The predicted molar refractivity (Wildman–Crippen MR) is 83.3 cm³/mol. The van der Waals surface area contributed by atoms with Gasteiger partial charge < -0.3 is 19.1 Å². The number of hydrogen-bond acceptors (Lipinski definition) is 3. The molecule has 1 saturated heterocycles. The molecule has 1 heterocycles. The van der Waals surface area contributed by atoms with E-state index in [-0.39, 0.29) is 24.5 Å². The van der Waals surface area contributed by atoms with Crippen molar-refractivity contribution in [2.45, 2.75) is 70.4 Å². The van der Waals surface area contributed by atoms with E-state index in [0.717, 1.165) is 24.8 Å². The second-order valence-electron chi connectivity index (χ2n) is 7.16. The maximum atomic E-state index is 10.9. The molecule has 0 aromatic carbocycles. The molecule has 2 aliphatic rings. The van der Waals surface area contributed by atoms with Crippen LogP contribution in [-0.2, 0) is 13.9 Å². The molecular formula is C14H26BO5P. The Balaban J connectivity index is 1.90. The molecule has 0 amide bonds. The third-order valence-electron chi connectivity index (χ3n) is 4.93. The fraction of sp³-hybridized carbons (Fsp3) is 0.857. The summed E-state index contributed by atoms with van der Waals surface area (Å²) in [6, 6.07) is 0. The average molecular weight is 316 g/mol. The van der Waals surface area contributed by atoms with Gasteiger partial charge in [0.25, 0.3) is 0 Å². The summed E-state index contributed by atoms with van der Waals surface area (Å²) in [5.74, 6) is 0.324. The summed E-state index contributed by atoms with van der Waals surface area (Å²) in [7, 11) is -4.08. The van der Waals surface area contributed by atoms with E-state index in [0.29, 0.717) is 12.2 Å². The van der Waals surface area contributed by atoms with E-state index < -0.39 is 7.60 Å². The Bertz CT molecular complexity index is 452. The van der Waals surface area contributed by atoms with Gasteiger partial charge in [-0.25, -0.2) is 0 Å². The molecule has 7 heteroatoms. The average Bonchev–Trinajstić information content (AvgIpc) is 2.56. The molecule has 120 valence electrons. The lowest BCUT2D eigenvalue weighted by Gasteiger charge is -2.32. The molecule has 0 bridgehead atoms. The Labute approximate surface area is 127 Å². The standard InChI is InChI=1S/C14H26BO5P/c1-13(2)14(3,4)20-15(19-13)12-7-5-11(6-8-12)9-10-21(16,17)18/h5,12H,6-10H2,1-4H3,(H2,16,17,18). The highest BCUT2D eigenvalue weighted by Crippen LogP contribution is 2.44. The molecule has 0 saturated carbocycles. The van der Waals surface area contributed by atoms with Crippen LogP contribution in [-0.4, -0.2) is 34.3 Å². The van der Waals surface area contributed by atoms with Crippen molar-refractivity contribution in [3.05, 3.63) is 11.6 Å². The minimum atomic E-state index is -3.89. The van der Waals surface area contributed by atoms with Gasteiger partial charge in [0.15, 0.2) is 0 Å². The molecule has 0 aromatic heterocycles. The first-order valence-electron chi connectivity index (χ1n) is 7.58. The molecule has 0 radical (unpaired) electrons. The molecular weight excluding hydrogens is 290 g/mol. The number of rotatable bonds is 4. The molecule has 1 unspecified atom stereocenters. The molecule has 1 aliphatic carbocycles. The van der Waals surface area contributed by atoms with Gasteiger partial charge in [0, 0.05) is 0 Å². The van der Waals surface area contributed by atoms with E-state index in [9.17, 15) is 4.57 Å². The lowest BCUT2D eigenvalue weighted by Crippen LogP contribution is -2.41. The van der Waals surface area contributed by atoms with Crippen molar-refractivity contribution in [1.82, 2.24) is 0 Å². The van der Waals surface area contributed by atoms with Gasteiger partial charge in [0.05, 0.1) is 17.4 Å². The summed E-state index contributed by atoms with van der Waals surface area (Å²) >= 11 is 0. The Hall–Kier alpha value is -0.125. The van der Waals surface area contributed by atoms with E-state index in [1.54, 1.807) is 0 Å². The fourth-order valence-electron chi connectivity index (χ4n) is 2.75. The van der Waals surface area contributed by atoms with Crippen molar-refractivity contribution in [3.63, 3.8) is 0 Å². The zero-order chi connectivity index (χ0) is 15.9. The second kappa shape index (κ2) is 5.82. The Morgan fingerprint density at radius 2 is 1.86 bits per heavy atom. The quantitative estimate of drug-likeness (QED) is 0.473. The van der Waals surface area contributed by atoms with Crippen LogP contribution in [0.2, 0.25) is 5.82 Å². The van der Waals surface area contributed by atoms with E-state index in [4.69, 9.17) is 19.1 Å². The number of hydrogen-bond donors (Lipinski definition) is 2. The zero-order valence-corrected chi connectivity index (χ0v) is 14.2. The van der Waals surface area contributed by atoms with Gasteiger partial charge in [-0.05, 0) is 59.2 Å². The Kier molecular flexibility index (Phi) is 4.78. The summed E-state index contributed by atoms with van der Waals surface area (Å²) in [5, 5.41) is 0. The van der Waals surface area contributed by atoms with Crippen LogP contribution in [0.1, 0.15) is 53.4 Å². The van der Waals surface area contributed by atoms with Gasteiger partial charge in [-0.3, -0.25) is 4.57 Å². The van der Waals surface area contributed by atoms with Crippen molar-refractivity contribution in [3.8, 4) is 0 Å². The van der Waals surface area contributed by atoms with Crippen LogP contribution in [0.5, 0.6) is 0 Å². The third-order valence-corrected chi connectivity index (χ3v) is 5.73. The van der Waals surface area contributed by atoms with Crippen LogP contribution in [0.15, 0.2) is 11.6 Å². The highest BCUT2D eigenvalue weighted by Gasteiger charge is 2.53. The number of allylic oxidation sites excluding steroid dienone is 2. The molecule has 21 heavy (non-hydrogen) atoms. The molecule has 1 atom stereocenters. The van der Waals surface area contributed by atoms with Crippen molar-refractivity contribution < 1.29 is 23.7 Å². The molecule has 5 nitrogen and oxygen atoms in total. The van der Waals surface area contributed by atoms with Crippen molar-refractivity contribution >= 4 is 14.7 Å². The lowest BCUT2D eigenvalue weighted by molar-refractivity contribution is 0.00578. The topological polar surface area (TPSA) is 76.0 Å². The lowest BCUT2D eigenvalue weighted by atomic mass is 9.65. The van der Waals surface area contributed by atoms with Crippen LogP contribution in [0, 0.1) is 0 Å². The Morgan fingerprint density at radius 3 is 2.29 bits per heavy atom. The van der Waals surface area contributed by atoms with Crippen LogP contribution >= 0.6 is 7.60 Å². The minimum absolute atomic E-state index is 0.0556. The van der Waals surface area contributed by atoms with E-state index >= 15 is 0 Å². The summed E-state index contributed by atoms with van der Waals surface area (Å²) < 4.78 is 23.1. The maximum Gasteiger partial charge on any atom is 0.461 e. The van der Waals surface area contributed by atoms with Crippen molar-refractivity contribution in [2.75, 3.05) is 6.16 Å². The monoisotopic (exact) mass is 316 g/mol. The SMILES string of the molecule is CC1(C)OB(C2CC=C(CCP(=O)(O)O)CC2)OC1(C)C.